The first-order valence-electron chi connectivity index (χ1n) is 9.69. The number of ether oxygens (including phenoxy) is 1. The zero-order valence-electron chi connectivity index (χ0n) is 17.6. The number of thiophene rings is 1. The quantitative estimate of drug-likeness (QED) is 0.170. The molecule has 0 spiro atoms. The third-order valence-corrected chi connectivity index (χ3v) is 6.55. The van der Waals surface area contributed by atoms with Crippen LogP contribution >= 0.6 is 23.1 Å². The van der Waals surface area contributed by atoms with Gasteiger partial charge in [-0.25, -0.2) is 4.98 Å². The van der Waals surface area contributed by atoms with Gasteiger partial charge in [-0.3, -0.25) is 19.7 Å². The van der Waals surface area contributed by atoms with Gasteiger partial charge in [-0.15, -0.1) is 11.3 Å². The Bertz CT molecular complexity index is 1410. The number of nitrogens with zero attached hydrogens (tertiary/aromatic N) is 2. The Morgan fingerprint density at radius 2 is 2.03 bits per heavy atom. The lowest BCUT2D eigenvalue weighted by atomic mass is 10.1. The second kappa shape index (κ2) is 9.43. The minimum Gasteiger partial charge on any atom is -0.496 e. The number of fused-ring (bicyclic) bond motifs is 1. The highest BCUT2D eigenvalue weighted by Crippen LogP contribution is 2.32. The predicted octanol–water partition coefficient (Wildman–Crippen LogP) is 4.61. The van der Waals surface area contributed by atoms with E-state index in [1.54, 1.807) is 0 Å². The maximum absolute atomic E-state index is 12.7. The van der Waals surface area contributed by atoms with Crippen LogP contribution in [0.25, 0.3) is 21.3 Å². The molecule has 0 bridgehead atoms. The van der Waals surface area contributed by atoms with E-state index in [0.29, 0.717) is 21.1 Å². The number of rotatable bonds is 7. The molecule has 33 heavy (non-hydrogen) atoms. The number of benzene rings is 2. The van der Waals surface area contributed by atoms with Crippen molar-refractivity contribution in [3.63, 3.8) is 0 Å². The Morgan fingerprint density at radius 1 is 1.27 bits per heavy atom. The largest absolute Gasteiger partial charge is 0.496 e. The normalized spacial score (nSPS) is 10.8. The van der Waals surface area contributed by atoms with Crippen LogP contribution in [0.5, 0.6) is 5.75 Å². The van der Waals surface area contributed by atoms with Gasteiger partial charge in [0.05, 0.1) is 29.2 Å². The van der Waals surface area contributed by atoms with Gasteiger partial charge in [0.15, 0.2) is 5.16 Å². The van der Waals surface area contributed by atoms with E-state index in [1.165, 1.54) is 36.6 Å². The van der Waals surface area contributed by atoms with E-state index in [2.05, 4.69) is 15.3 Å². The Kier molecular flexibility index (Phi) is 6.43. The van der Waals surface area contributed by atoms with Gasteiger partial charge in [0.25, 0.3) is 11.2 Å². The van der Waals surface area contributed by atoms with Crippen LogP contribution in [0, 0.1) is 17.0 Å². The molecule has 0 saturated carbocycles. The first kappa shape index (κ1) is 22.5. The lowest BCUT2D eigenvalue weighted by molar-refractivity contribution is -0.384. The number of hydrogen-bond acceptors (Lipinski definition) is 8. The fourth-order valence-corrected chi connectivity index (χ4v) is 4.82. The van der Waals surface area contributed by atoms with Gasteiger partial charge in [-0.2, -0.15) is 0 Å². The summed E-state index contributed by atoms with van der Waals surface area (Å²) in [6.07, 6.45) is 0. The maximum Gasteiger partial charge on any atom is 0.296 e. The number of H-pyrrole nitrogens is 1. The zero-order chi connectivity index (χ0) is 23.5. The minimum absolute atomic E-state index is 0.0595. The number of methoxy groups -OCH3 is 1. The second-order valence-corrected chi connectivity index (χ2v) is 8.87. The number of carbonyl (C=O) groups excluding carboxylic acids is 1. The van der Waals surface area contributed by atoms with Crippen molar-refractivity contribution >= 4 is 50.6 Å². The first-order valence-corrected chi connectivity index (χ1v) is 11.6. The molecule has 11 heteroatoms. The molecule has 2 aromatic heterocycles. The molecule has 9 nitrogen and oxygen atoms in total. The molecule has 2 N–H and O–H groups in total. The standard InChI is InChI=1S/C22H18N4O5S2/c1-12-3-5-13(6-4-12)15-10-32-21-19(15)20(28)24-22(25-21)33-11-18(27)23-16-8-7-14(31-2)9-17(16)26(29)30/h3-10H,11H2,1-2H3,(H,23,27)(H,24,25,28). The molecule has 2 aromatic carbocycles. The van der Waals surface area contributed by atoms with Crippen LogP contribution in [0.1, 0.15) is 5.56 Å². The van der Waals surface area contributed by atoms with E-state index < -0.39 is 10.8 Å². The molecule has 0 saturated heterocycles. The summed E-state index contributed by atoms with van der Waals surface area (Å²) in [5, 5.41) is 16.5. The highest BCUT2D eigenvalue weighted by molar-refractivity contribution is 7.99. The number of aromatic nitrogens is 2. The third-order valence-electron chi connectivity index (χ3n) is 4.80. The molecule has 0 aliphatic carbocycles. The van der Waals surface area contributed by atoms with Crippen LogP contribution in [0.2, 0.25) is 0 Å². The summed E-state index contributed by atoms with van der Waals surface area (Å²) in [4.78, 5) is 43.6. The molecular weight excluding hydrogens is 464 g/mol. The first-order chi connectivity index (χ1) is 15.9. The molecule has 0 aliphatic heterocycles. The summed E-state index contributed by atoms with van der Waals surface area (Å²) in [7, 11) is 1.40. The number of aromatic amines is 1. The summed E-state index contributed by atoms with van der Waals surface area (Å²) < 4.78 is 4.99. The Balaban J connectivity index is 1.50. The number of anilines is 1. The van der Waals surface area contributed by atoms with Crippen molar-refractivity contribution in [3.8, 4) is 16.9 Å². The van der Waals surface area contributed by atoms with Crippen molar-refractivity contribution in [2.45, 2.75) is 12.1 Å². The van der Waals surface area contributed by atoms with E-state index in [0.717, 1.165) is 28.5 Å². The van der Waals surface area contributed by atoms with Gasteiger partial charge in [-0.1, -0.05) is 41.6 Å². The van der Waals surface area contributed by atoms with Crippen molar-refractivity contribution in [2.24, 2.45) is 0 Å². The van der Waals surface area contributed by atoms with Crippen molar-refractivity contribution in [1.29, 1.82) is 0 Å². The molecular formula is C22H18N4O5S2. The zero-order valence-corrected chi connectivity index (χ0v) is 19.2. The summed E-state index contributed by atoms with van der Waals surface area (Å²) in [6.45, 7) is 2.00. The predicted molar refractivity (Wildman–Crippen MR) is 129 cm³/mol. The summed E-state index contributed by atoms with van der Waals surface area (Å²) >= 11 is 2.39. The molecule has 168 valence electrons. The summed E-state index contributed by atoms with van der Waals surface area (Å²) in [6, 6.07) is 12.0. The second-order valence-electron chi connectivity index (χ2n) is 7.04. The number of hydrogen-bond donors (Lipinski definition) is 2. The number of thioether (sulfide) groups is 1. The lowest BCUT2D eigenvalue weighted by Crippen LogP contribution is -2.16. The molecule has 0 radical (unpaired) electrons. The number of nitro benzene ring substituents is 1. The van der Waals surface area contributed by atoms with Crippen LogP contribution < -0.4 is 15.6 Å². The van der Waals surface area contributed by atoms with Crippen molar-refractivity contribution in [3.05, 3.63) is 73.9 Å². The smallest absolute Gasteiger partial charge is 0.296 e. The Morgan fingerprint density at radius 3 is 2.73 bits per heavy atom. The van der Waals surface area contributed by atoms with Crippen LogP contribution in [0.4, 0.5) is 11.4 Å². The maximum atomic E-state index is 12.7. The average Bonchev–Trinajstić information content (AvgIpc) is 3.23. The Labute approximate surface area is 196 Å². The van der Waals surface area contributed by atoms with Gasteiger partial charge in [0.1, 0.15) is 16.3 Å². The van der Waals surface area contributed by atoms with Crippen molar-refractivity contribution in [2.75, 3.05) is 18.2 Å². The molecule has 1 amide bonds. The average molecular weight is 483 g/mol. The van der Waals surface area contributed by atoms with Crippen molar-refractivity contribution in [1.82, 2.24) is 9.97 Å². The Hall–Kier alpha value is -3.70. The van der Waals surface area contributed by atoms with Gasteiger partial charge in [0.2, 0.25) is 5.91 Å². The molecule has 4 aromatic rings. The van der Waals surface area contributed by atoms with Gasteiger partial charge in [0, 0.05) is 10.9 Å². The van der Waals surface area contributed by atoms with E-state index in [1.807, 2.05) is 36.6 Å². The molecule has 2 heterocycles. The van der Waals surface area contributed by atoms with Crippen LogP contribution in [0.3, 0.4) is 0 Å². The van der Waals surface area contributed by atoms with E-state index in [4.69, 9.17) is 4.74 Å². The number of nitro groups is 1. The molecule has 0 atom stereocenters. The minimum atomic E-state index is -0.597. The topological polar surface area (TPSA) is 127 Å². The number of amides is 1. The van der Waals surface area contributed by atoms with E-state index >= 15 is 0 Å². The fourth-order valence-electron chi connectivity index (χ4n) is 3.16. The van der Waals surface area contributed by atoms with Gasteiger partial charge >= 0.3 is 0 Å². The van der Waals surface area contributed by atoms with Crippen LogP contribution in [-0.4, -0.2) is 33.7 Å². The van der Waals surface area contributed by atoms with Gasteiger partial charge < -0.3 is 15.0 Å². The summed E-state index contributed by atoms with van der Waals surface area (Å²) in [5.74, 6) is -0.249. The fraction of sp³-hybridized carbons (Fsp3) is 0.136. The molecule has 4 rings (SSSR count). The van der Waals surface area contributed by atoms with Crippen LogP contribution in [0.15, 0.2) is 57.8 Å². The SMILES string of the molecule is COc1ccc(NC(=O)CSc2nc3scc(-c4ccc(C)cc4)c3c(=O)[nH]2)c([N+](=O)[O-])c1. The summed E-state index contributed by atoms with van der Waals surface area (Å²) in [5.41, 5.74) is 2.37. The number of aryl methyl sites for hydroxylation is 1. The monoisotopic (exact) mass is 482 g/mol. The lowest BCUT2D eigenvalue weighted by Gasteiger charge is -2.07. The van der Waals surface area contributed by atoms with Crippen LogP contribution in [-0.2, 0) is 4.79 Å². The molecule has 0 aliphatic rings. The van der Waals surface area contributed by atoms with E-state index in [9.17, 15) is 19.7 Å². The number of nitrogens with one attached hydrogen (secondary N) is 2. The highest BCUT2D eigenvalue weighted by atomic mass is 32.2. The molecule has 0 fully saturated rings. The van der Waals surface area contributed by atoms with Crippen molar-refractivity contribution < 1.29 is 14.5 Å². The highest BCUT2D eigenvalue weighted by Gasteiger charge is 2.18. The molecule has 0 unspecified atom stereocenters. The number of carbonyl (C=O) groups is 1. The third kappa shape index (κ3) is 4.89. The van der Waals surface area contributed by atoms with Gasteiger partial charge in [-0.05, 0) is 24.6 Å². The van der Waals surface area contributed by atoms with E-state index in [-0.39, 0.29) is 22.7 Å².